The van der Waals surface area contributed by atoms with Crippen LogP contribution in [0.2, 0.25) is 0 Å². The molecule has 2 rings (SSSR count). The summed E-state index contributed by atoms with van der Waals surface area (Å²) in [6, 6.07) is 0.500. The summed E-state index contributed by atoms with van der Waals surface area (Å²) in [5, 5.41) is 10.6. The molecule has 5 heteroatoms. The van der Waals surface area contributed by atoms with Gasteiger partial charge in [0.2, 0.25) is 0 Å². The summed E-state index contributed by atoms with van der Waals surface area (Å²) in [6.07, 6.45) is 1.25. The second-order valence-electron chi connectivity index (χ2n) is 3.52. The van der Waals surface area contributed by atoms with Gasteiger partial charge < -0.3 is 10.0 Å². The lowest BCUT2D eigenvalue weighted by Gasteiger charge is -2.36. The van der Waals surface area contributed by atoms with Gasteiger partial charge in [0, 0.05) is 25.2 Å². The highest BCUT2D eigenvalue weighted by Gasteiger charge is 2.39. The fourth-order valence-corrected chi connectivity index (χ4v) is 2.09. The topological polar surface area (TPSA) is 69.8 Å². The van der Waals surface area contributed by atoms with Gasteiger partial charge in [0.05, 0.1) is 0 Å². The highest BCUT2D eigenvalue weighted by molar-refractivity contribution is 5.65. The number of likely N-dealkylation sites (tertiary alicyclic amines) is 1. The van der Waals surface area contributed by atoms with Crippen LogP contribution in [0.5, 0.6) is 0 Å². The third-order valence-electron chi connectivity index (χ3n) is 2.81. The molecule has 0 aliphatic carbocycles. The van der Waals surface area contributed by atoms with Gasteiger partial charge in [-0.2, -0.15) is 0 Å². The van der Waals surface area contributed by atoms with Crippen molar-refractivity contribution in [3.8, 4) is 0 Å². The number of carbonyl (C=O) groups is 1. The van der Waals surface area contributed by atoms with E-state index in [1.54, 1.807) is 0 Å². The van der Waals surface area contributed by atoms with Gasteiger partial charge in [0.25, 0.3) is 0 Å². The van der Waals surface area contributed by atoms with Gasteiger partial charge in [-0.3, -0.25) is 5.84 Å². The molecule has 0 spiro atoms. The SMILES string of the molecule is NN1C2CCC1CN(C(=O)O)C2. The second-order valence-corrected chi connectivity index (χ2v) is 3.52. The minimum absolute atomic E-state index is 0.250. The van der Waals surface area contributed by atoms with Crippen LogP contribution in [0.4, 0.5) is 4.79 Å². The zero-order valence-electron chi connectivity index (χ0n) is 6.81. The molecule has 68 valence electrons. The zero-order chi connectivity index (χ0) is 8.72. The van der Waals surface area contributed by atoms with Gasteiger partial charge in [-0.25, -0.2) is 9.80 Å². The van der Waals surface area contributed by atoms with E-state index in [0.29, 0.717) is 13.1 Å². The monoisotopic (exact) mass is 171 g/mol. The van der Waals surface area contributed by atoms with E-state index in [9.17, 15) is 4.79 Å². The molecule has 2 atom stereocenters. The summed E-state index contributed by atoms with van der Waals surface area (Å²) in [4.78, 5) is 12.1. The maximum Gasteiger partial charge on any atom is 0.407 e. The van der Waals surface area contributed by atoms with E-state index in [2.05, 4.69) is 0 Å². The largest absolute Gasteiger partial charge is 0.465 e. The van der Waals surface area contributed by atoms with E-state index in [-0.39, 0.29) is 12.1 Å². The summed E-state index contributed by atoms with van der Waals surface area (Å²) < 4.78 is 0. The van der Waals surface area contributed by atoms with Crippen LogP contribution in [0.3, 0.4) is 0 Å². The number of hydrogen-bond acceptors (Lipinski definition) is 3. The van der Waals surface area contributed by atoms with Crippen molar-refractivity contribution in [1.82, 2.24) is 9.91 Å². The maximum atomic E-state index is 10.6. The molecule has 3 N–H and O–H groups in total. The number of hydrazine groups is 1. The summed E-state index contributed by atoms with van der Waals surface area (Å²) in [6.45, 7) is 1.14. The van der Waals surface area contributed by atoms with Crippen molar-refractivity contribution in [2.45, 2.75) is 24.9 Å². The number of piperazine rings is 1. The smallest absolute Gasteiger partial charge is 0.407 e. The average Bonchev–Trinajstić information content (AvgIpc) is 2.30. The lowest BCUT2D eigenvalue weighted by molar-refractivity contribution is 0.0632. The van der Waals surface area contributed by atoms with Crippen LogP contribution in [0, 0.1) is 0 Å². The number of hydrogen-bond donors (Lipinski definition) is 2. The summed E-state index contributed by atoms with van der Waals surface area (Å²) in [5.74, 6) is 5.76. The number of nitrogens with zero attached hydrogens (tertiary/aromatic N) is 2. The third kappa shape index (κ3) is 1.05. The Bertz CT molecular complexity index is 195. The van der Waals surface area contributed by atoms with Gasteiger partial charge in [-0.1, -0.05) is 0 Å². The number of carboxylic acid groups (broad SMARTS) is 1. The summed E-state index contributed by atoms with van der Waals surface area (Å²) in [7, 11) is 0. The maximum absolute atomic E-state index is 10.6. The number of fused-ring (bicyclic) bond motifs is 2. The highest BCUT2D eigenvalue weighted by atomic mass is 16.4. The molecular weight excluding hydrogens is 158 g/mol. The van der Waals surface area contributed by atoms with Crippen molar-refractivity contribution in [3.05, 3.63) is 0 Å². The lowest BCUT2D eigenvalue weighted by atomic mass is 10.2. The van der Waals surface area contributed by atoms with Crippen molar-refractivity contribution >= 4 is 6.09 Å². The molecule has 0 aromatic carbocycles. The molecular formula is C7H13N3O2. The average molecular weight is 171 g/mol. The van der Waals surface area contributed by atoms with E-state index in [1.807, 2.05) is 5.01 Å². The molecule has 0 radical (unpaired) electrons. The minimum atomic E-state index is -0.819. The van der Waals surface area contributed by atoms with Crippen LogP contribution < -0.4 is 5.84 Å². The van der Waals surface area contributed by atoms with Crippen LogP contribution in [0.25, 0.3) is 0 Å². The Balaban J connectivity index is 2.07. The summed E-state index contributed by atoms with van der Waals surface area (Å²) >= 11 is 0. The molecule has 2 saturated heterocycles. The Labute approximate surface area is 70.7 Å². The van der Waals surface area contributed by atoms with E-state index in [1.165, 1.54) is 4.90 Å². The zero-order valence-corrected chi connectivity index (χ0v) is 6.81. The molecule has 1 amide bonds. The van der Waals surface area contributed by atoms with E-state index >= 15 is 0 Å². The van der Waals surface area contributed by atoms with Gasteiger partial charge in [-0.05, 0) is 12.8 Å². The Morgan fingerprint density at radius 3 is 2.25 bits per heavy atom. The van der Waals surface area contributed by atoms with Gasteiger partial charge in [0.1, 0.15) is 0 Å². The van der Waals surface area contributed by atoms with Crippen molar-refractivity contribution in [2.24, 2.45) is 5.84 Å². The van der Waals surface area contributed by atoms with Crippen LogP contribution in [-0.4, -0.2) is 46.3 Å². The quantitative estimate of drug-likeness (QED) is 0.490. The molecule has 2 fully saturated rings. The molecule has 2 aliphatic heterocycles. The van der Waals surface area contributed by atoms with Gasteiger partial charge in [-0.15, -0.1) is 0 Å². The molecule has 0 aromatic rings. The molecule has 2 unspecified atom stereocenters. The highest BCUT2D eigenvalue weighted by Crippen LogP contribution is 2.26. The number of rotatable bonds is 0. The first-order valence-electron chi connectivity index (χ1n) is 4.19. The first kappa shape index (κ1) is 7.82. The van der Waals surface area contributed by atoms with Crippen LogP contribution in [-0.2, 0) is 0 Å². The minimum Gasteiger partial charge on any atom is -0.465 e. The Morgan fingerprint density at radius 2 is 1.83 bits per heavy atom. The third-order valence-corrected chi connectivity index (χ3v) is 2.81. The molecule has 2 aliphatic rings. The first-order valence-corrected chi connectivity index (χ1v) is 4.19. The normalized spacial score (nSPS) is 35.6. The molecule has 2 bridgehead atoms. The first-order chi connectivity index (χ1) is 5.68. The van der Waals surface area contributed by atoms with Crippen molar-refractivity contribution < 1.29 is 9.90 Å². The Kier molecular flexibility index (Phi) is 1.69. The molecule has 2 heterocycles. The van der Waals surface area contributed by atoms with Crippen LogP contribution in [0.1, 0.15) is 12.8 Å². The standard InChI is InChI=1S/C7H13N3O2/c8-10-5-1-2-6(10)4-9(3-5)7(11)12/h5-6H,1-4,8H2,(H,11,12). The van der Waals surface area contributed by atoms with Crippen LogP contribution >= 0.6 is 0 Å². The summed E-state index contributed by atoms with van der Waals surface area (Å²) in [5.41, 5.74) is 0. The van der Waals surface area contributed by atoms with Crippen molar-refractivity contribution in [1.29, 1.82) is 0 Å². The van der Waals surface area contributed by atoms with E-state index < -0.39 is 6.09 Å². The fourth-order valence-electron chi connectivity index (χ4n) is 2.09. The van der Waals surface area contributed by atoms with Crippen molar-refractivity contribution in [2.75, 3.05) is 13.1 Å². The van der Waals surface area contributed by atoms with Crippen molar-refractivity contribution in [3.63, 3.8) is 0 Å². The molecule has 12 heavy (non-hydrogen) atoms. The molecule has 0 saturated carbocycles. The van der Waals surface area contributed by atoms with Crippen LogP contribution in [0.15, 0.2) is 0 Å². The predicted octanol–water partition coefficient (Wildman–Crippen LogP) is -0.313. The lowest BCUT2D eigenvalue weighted by Crippen LogP contribution is -2.57. The second kappa shape index (κ2) is 2.60. The molecule has 5 nitrogen and oxygen atoms in total. The molecule has 0 aromatic heterocycles. The number of nitrogens with two attached hydrogens (primary N) is 1. The Morgan fingerprint density at radius 1 is 1.33 bits per heavy atom. The van der Waals surface area contributed by atoms with Gasteiger partial charge >= 0.3 is 6.09 Å². The van der Waals surface area contributed by atoms with E-state index in [4.69, 9.17) is 10.9 Å². The van der Waals surface area contributed by atoms with Gasteiger partial charge in [0.15, 0.2) is 0 Å². The van der Waals surface area contributed by atoms with E-state index in [0.717, 1.165) is 12.8 Å². The fraction of sp³-hybridized carbons (Fsp3) is 0.857. The number of amides is 1. The predicted molar refractivity (Wildman–Crippen MR) is 42.4 cm³/mol. The Hall–Kier alpha value is -0.810.